The molecule has 0 N–H and O–H groups in total. The lowest BCUT2D eigenvalue weighted by molar-refractivity contribution is 0.0257. The van der Waals surface area contributed by atoms with Crippen LogP contribution in [0.15, 0.2) is 0 Å². The van der Waals surface area contributed by atoms with Gasteiger partial charge in [-0.1, -0.05) is 5.92 Å². The number of hydrogen-bond acceptors (Lipinski definition) is 3. The topological polar surface area (TPSA) is 32.8 Å². The number of carbonyl (C=O) groups is 1. The molecule has 0 radical (unpaired) electrons. The summed E-state index contributed by atoms with van der Waals surface area (Å²) in [5, 5.41) is 0. The van der Waals surface area contributed by atoms with Crippen molar-refractivity contribution >= 4 is 6.09 Å². The standard InChI is InChI=1S/C14H24N2O2/c1-6-12(2)15-8-7-9-16(11-10-15)13(17)18-14(3,4)5/h1,12H,7-11H2,2-5H3. The SMILES string of the molecule is C#CC(C)N1CCCN(C(=O)OC(C)(C)C)CC1. The molecule has 0 bridgehead atoms. The Labute approximate surface area is 110 Å². The average molecular weight is 252 g/mol. The van der Waals surface area contributed by atoms with Gasteiger partial charge in [-0.25, -0.2) is 4.79 Å². The van der Waals surface area contributed by atoms with Crippen LogP contribution in [0.25, 0.3) is 0 Å². The van der Waals surface area contributed by atoms with Crippen LogP contribution in [-0.2, 0) is 4.74 Å². The van der Waals surface area contributed by atoms with E-state index in [1.165, 1.54) is 0 Å². The minimum absolute atomic E-state index is 0.128. The smallest absolute Gasteiger partial charge is 0.410 e. The lowest BCUT2D eigenvalue weighted by atomic mass is 10.2. The molecule has 1 heterocycles. The fourth-order valence-electron chi connectivity index (χ4n) is 1.94. The zero-order valence-corrected chi connectivity index (χ0v) is 11.9. The molecule has 4 heteroatoms. The van der Waals surface area contributed by atoms with Crippen molar-refractivity contribution in [3.8, 4) is 12.3 Å². The number of amides is 1. The molecule has 18 heavy (non-hydrogen) atoms. The maximum absolute atomic E-state index is 12.0. The van der Waals surface area contributed by atoms with Crippen LogP contribution < -0.4 is 0 Å². The average Bonchev–Trinajstić information content (AvgIpc) is 2.51. The zero-order chi connectivity index (χ0) is 13.8. The summed E-state index contributed by atoms with van der Waals surface area (Å²) in [6.07, 6.45) is 6.15. The van der Waals surface area contributed by atoms with Gasteiger partial charge in [0.2, 0.25) is 0 Å². The van der Waals surface area contributed by atoms with Crippen molar-refractivity contribution in [2.75, 3.05) is 26.2 Å². The van der Waals surface area contributed by atoms with E-state index in [2.05, 4.69) is 10.8 Å². The Bertz CT molecular complexity index is 328. The molecule has 1 unspecified atom stereocenters. The molecule has 0 aromatic heterocycles. The Kier molecular flexibility index (Phi) is 5.03. The molecular weight excluding hydrogens is 228 g/mol. The summed E-state index contributed by atoms with van der Waals surface area (Å²) < 4.78 is 5.38. The van der Waals surface area contributed by atoms with E-state index < -0.39 is 5.60 Å². The summed E-state index contributed by atoms with van der Waals surface area (Å²) in [4.78, 5) is 16.0. The number of rotatable bonds is 1. The molecule has 0 aromatic rings. The predicted octanol–water partition coefficient (Wildman–Crippen LogP) is 1.95. The first-order chi connectivity index (χ1) is 8.33. The summed E-state index contributed by atoms with van der Waals surface area (Å²) >= 11 is 0. The monoisotopic (exact) mass is 252 g/mol. The normalized spacial score (nSPS) is 19.8. The van der Waals surface area contributed by atoms with E-state index >= 15 is 0 Å². The van der Waals surface area contributed by atoms with Gasteiger partial charge in [0.25, 0.3) is 0 Å². The highest BCUT2D eigenvalue weighted by Crippen LogP contribution is 2.12. The van der Waals surface area contributed by atoms with Crippen LogP contribution in [0.1, 0.15) is 34.1 Å². The van der Waals surface area contributed by atoms with Gasteiger partial charge >= 0.3 is 6.09 Å². The molecule has 0 aliphatic carbocycles. The maximum Gasteiger partial charge on any atom is 0.410 e. The minimum atomic E-state index is -0.435. The molecule has 102 valence electrons. The molecule has 1 atom stereocenters. The molecule has 1 aliphatic rings. The van der Waals surface area contributed by atoms with Gasteiger partial charge in [-0.15, -0.1) is 6.42 Å². The molecule has 1 aliphatic heterocycles. The summed E-state index contributed by atoms with van der Waals surface area (Å²) in [5.41, 5.74) is -0.435. The van der Waals surface area contributed by atoms with Crippen LogP contribution in [0, 0.1) is 12.3 Å². The summed E-state index contributed by atoms with van der Waals surface area (Å²) in [6.45, 7) is 10.8. The highest BCUT2D eigenvalue weighted by Gasteiger charge is 2.25. The molecule has 1 saturated heterocycles. The van der Waals surface area contributed by atoms with Crippen LogP contribution in [0.3, 0.4) is 0 Å². The predicted molar refractivity (Wildman–Crippen MR) is 72.3 cm³/mol. The first-order valence-corrected chi connectivity index (χ1v) is 6.51. The third kappa shape index (κ3) is 4.58. The van der Waals surface area contributed by atoms with Crippen LogP contribution in [0.5, 0.6) is 0 Å². The second-order valence-electron chi connectivity index (χ2n) is 5.70. The Hall–Kier alpha value is -1.21. The lowest BCUT2D eigenvalue weighted by Crippen LogP contribution is -2.40. The molecule has 0 spiro atoms. The largest absolute Gasteiger partial charge is 0.444 e. The number of hydrogen-bond donors (Lipinski definition) is 0. The Morgan fingerprint density at radius 3 is 2.50 bits per heavy atom. The van der Waals surface area contributed by atoms with Gasteiger partial charge in [-0.05, 0) is 34.1 Å². The van der Waals surface area contributed by atoms with Crippen molar-refractivity contribution in [2.45, 2.75) is 45.8 Å². The van der Waals surface area contributed by atoms with E-state index in [1.807, 2.05) is 27.7 Å². The van der Waals surface area contributed by atoms with Gasteiger partial charge in [0.15, 0.2) is 0 Å². The van der Waals surface area contributed by atoms with Crippen molar-refractivity contribution in [2.24, 2.45) is 0 Å². The number of carbonyl (C=O) groups excluding carboxylic acids is 1. The molecule has 0 saturated carbocycles. The Morgan fingerprint density at radius 1 is 1.28 bits per heavy atom. The molecule has 1 rings (SSSR count). The third-order valence-electron chi connectivity index (χ3n) is 2.97. The fraction of sp³-hybridized carbons (Fsp3) is 0.786. The van der Waals surface area contributed by atoms with E-state index in [-0.39, 0.29) is 12.1 Å². The van der Waals surface area contributed by atoms with E-state index in [0.717, 1.165) is 26.1 Å². The molecular formula is C14H24N2O2. The van der Waals surface area contributed by atoms with Gasteiger partial charge in [-0.3, -0.25) is 4.90 Å². The van der Waals surface area contributed by atoms with Crippen LogP contribution >= 0.6 is 0 Å². The van der Waals surface area contributed by atoms with Gasteiger partial charge < -0.3 is 9.64 Å². The van der Waals surface area contributed by atoms with Gasteiger partial charge in [0.05, 0.1) is 6.04 Å². The molecule has 1 amide bonds. The first kappa shape index (κ1) is 14.8. The minimum Gasteiger partial charge on any atom is -0.444 e. The van der Waals surface area contributed by atoms with Gasteiger partial charge in [0, 0.05) is 26.2 Å². The highest BCUT2D eigenvalue weighted by atomic mass is 16.6. The summed E-state index contributed by atoms with van der Waals surface area (Å²) in [5.74, 6) is 2.74. The molecule has 0 aromatic carbocycles. The zero-order valence-electron chi connectivity index (χ0n) is 11.9. The lowest BCUT2D eigenvalue weighted by Gasteiger charge is -2.27. The van der Waals surface area contributed by atoms with Crippen molar-refractivity contribution < 1.29 is 9.53 Å². The number of terminal acetylenes is 1. The van der Waals surface area contributed by atoms with Crippen LogP contribution in [0.4, 0.5) is 4.79 Å². The van der Waals surface area contributed by atoms with E-state index in [1.54, 1.807) is 4.90 Å². The van der Waals surface area contributed by atoms with Crippen LogP contribution in [-0.4, -0.2) is 53.7 Å². The first-order valence-electron chi connectivity index (χ1n) is 6.51. The second kappa shape index (κ2) is 6.10. The van der Waals surface area contributed by atoms with E-state index in [4.69, 9.17) is 11.2 Å². The van der Waals surface area contributed by atoms with Crippen molar-refractivity contribution in [1.29, 1.82) is 0 Å². The second-order valence-corrected chi connectivity index (χ2v) is 5.70. The molecule has 1 fully saturated rings. The summed E-state index contributed by atoms with van der Waals surface area (Å²) in [6, 6.07) is 0.128. The van der Waals surface area contributed by atoms with E-state index in [0.29, 0.717) is 6.54 Å². The summed E-state index contributed by atoms with van der Waals surface area (Å²) in [7, 11) is 0. The van der Waals surface area contributed by atoms with Crippen molar-refractivity contribution in [1.82, 2.24) is 9.80 Å². The highest BCUT2D eigenvalue weighted by molar-refractivity contribution is 5.68. The van der Waals surface area contributed by atoms with E-state index in [9.17, 15) is 4.79 Å². The Morgan fingerprint density at radius 2 is 1.94 bits per heavy atom. The molecule has 4 nitrogen and oxygen atoms in total. The van der Waals surface area contributed by atoms with Gasteiger partial charge in [0.1, 0.15) is 5.60 Å². The quantitative estimate of drug-likeness (QED) is 0.669. The third-order valence-corrected chi connectivity index (χ3v) is 2.97. The van der Waals surface area contributed by atoms with Crippen molar-refractivity contribution in [3.63, 3.8) is 0 Å². The van der Waals surface area contributed by atoms with Crippen LogP contribution in [0.2, 0.25) is 0 Å². The fourth-order valence-corrected chi connectivity index (χ4v) is 1.94. The van der Waals surface area contributed by atoms with Crippen molar-refractivity contribution in [3.05, 3.63) is 0 Å². The van der Waals surface area contributed by atoms with Gasteiger partial charge in [-0.2, -0.15) is 0 Å². The number of nitrogens with zero attached hydrogens (tertiary/aromatic N) is 2. The number of ether oxygens (including phenoxy) is 1. The maximum atomic E-state index is 12.0. The Balaban J connectivity index is 2.52.